The van der Waals surface area contributed by atoms with Crippen molar-refractivity contribution in [2.45, 2.75) is 15.0 Å². The van der Waals surface area contributed by atoms with Crippen LogP contribution < -0.4 is 0 Å². The lowest BCUT2D eigenvalue weighted by Gasteiger charge is -2.04. The Bertz CT molecular complexity index is 1460. The van der Waals surface area contributed by atoms with Gasteiger partial charge in [-0.3, -0.25) is 0 Å². The van der Waals surface area contributed by atoms with Crippen molar-refractivity contribution in [3.8, 4) is 21.7 Å². The minimum atomic E-state index is -3.73. The predicted molar refractivity (Wildman–Crippen MR) is 123 cm³/mol. The molecule has 0 bridgehead atoms. The summed E-state index contributed by atoms with van der Waals surface area (Å²) in [6, 6.07) is 20.6. The van der Waals surface area contributed by atoms with Crippen molar-refractivity contribution in [2.75, 3.05) is 6.26 Å². The first-order chi connectivity index (χ1) is 15.1. The van der Waals surface area contributed by atoms with Gasteiger partial charge in [-0.25, -0.2) is 26.2 Å². The zero-order valence-electron chi connectivity index (χ0n) is 16.9. The Balaban J connectivity index is 1.83. The molecule has 0 aliphatic carbocycles. The summed E-state index contributed by atoms with van der Waals surface area (Å²) in [5, 5.41) is 0. The summed E-state index contributed by atoms with van der Waals surface area (Å²) in [5.41, 5.74) is 2.22. The SMILES string of the molecule is CS(=O)(=O)c1ccc(-c2nc(S(=O)(=O)Cc3ccccc3)sc2-c2ccc(F)cc2)cc1. The van der Waals surface area contributed by atoms with Gasteiger partial charge in [0.25, 0.3) is 0 Å². The van der Waals surface area contributed by atoms with Crippen LogP contribution in [0.3, 0.4) is 0 Å². The van der Waals surface area contributed by atoms with Gasteiger partial charge in [0.1, 0.15) is 5.82 Å². The quantitative estimate of drug-likeness (QED) is 0.383. The van der Waals surface area contributed by atoms with E-state index in [-0.39, 0.29) is 15.0 Å². The Morgan fingerprint density at radius 3 is 2.00 bits per heavy atom. The molecule has 4 aromatic rings. The maximum absolute atomic E-state index is 13.5. The Kier molecular flexibility index (Phi) is 5.98. The van der Waals surface area contributed by atoms with Gasteiger partial charge in [0.05, 0.1) is 21.2 Å². The average Bonchev–Trinajstić information content (AvgIpc) is 3.21. The van der Waals surface area contributed by atoms with Crippen LogP contribution in [0.2, 0.25) is 0 Å². The van der Waals surface area contributed by atoms with Crippen LogP contribution in [0.25, 0.3) is 21.7 Å². The van der Waals surface area contributed by atoms with E-state index in [0.29, 0.717) is 27.3 Å². The molecule has 1 heterocycles. The number of benzene rings is 3. The molecular formula is C23H18FNO4S3. The molecule has 0 aliphatic heterocycles. The zero-order chi connectivity index (χ0) is 22.9. The number of aromatic nitrogens is 1. The predicted octanol–water partition coefficient (Wildman–Crippen LogP) is 4.99. The second-order valence-corrected chi connectivity index (χ2v) is 12.4. The molecule has 1 aromatic heterocycles. The molecule has 0 aliphatic rings. The van der Waals surface area contributed by atoms with Crippen LogP contribution in [0.1, 0.15) is 5.56 Å². The number of sulfone groups is 2. The molecule has 0 fully saturated rings. The van der Waals surface area contributed by atoms with Crippen LogP contribution in [0.15, 0.2) is 88.1 Å². The summed E-state index contributed by atoms with van der Waals surface area (Å²) < 4.78 is 63.1. The van der Waals surface area contributed by atoms with Crippen LogP contribution in [-0.2, 0) is 25.4 Å². The normalized spacial score (nSPS) is 12.1. The fourth-order valence-corrected chi connectivity index (χ4v) is 6.52. The fourth-order valence-electron chi connectivity index (χ4n) is 3.14. The lowest BCUT2D eigenvalue weighted by molar-refractivity contribution is 0.594. The summed E-state index contributed by atoms with van der Waals surface area (Å²) in [4.78, 5) is 5.14. The monoisotopic (exact) mass is 487 g/mol. The molecule has 3 aromatic carbocycles. The molecule has 0 radical (unpaired) electrons. The van der Waals surface area contributed by atoms with Crippen LogP contribution in [0.5, 0.6) is 0 Å². The van der Waals surface area contributed by atoms with E-state index in [2.05, 4.69) is 4.98 Å². The van der Waals surface area contributed by atoms with Gasteiger partial charge in [0, 0.05) is 11.8 Å². The minimum absolute atomic E-state index is 0.0529. The molecule has 4 rings (SSSR count). The summed E-state index contributed by atoms with van der Waals surface area (Å²) in [6.45, 7) is 0. The first-order valence-corrected chi connectivity index (χ1v) is 13.8. The maximum atomic E-state index is 13.5. The van der Waals surface area contributed by atoms with Crippen molar-refractivity contribution >= 4 is 31.0 Å². The van der Waals surface area contributed by atoms with Crippen LogP contribution in [-0.4, -0.2) is 28.1 Å². The largest absolute Gasteiger partial charge is 0.224 e. The summed E-state index contributed by atoms with van der Waals surface area (Å²) in [6.07, 6.45) is 1.11. The first kappa shape index (κ1) is 22.3. The smallest absolute Gasteiger partial charge is 0.210 e. The number of halogens is 1. The number of nitrogens with zero attached hydrogens (tertiary/aromatic N) is 1. The zero-order valence-corrected chi connectivity index (χ0v) is 19.3. The van der Waals surface area contributed by atoms with Crippen LogP contribution in [0.4, 0.5) is 4.39 Å². The Labute approximate surface area is 190 Å². The molecule has 0 atom stereocenters. The second-order valence-electron chi connectivity index (χ2n) is 7.21. The molecule has 0 N–H and O–H groups in total. The van der Waals surface area contributed by atoms with Gasteiger partial charge in [-0.2, -0.15) is 0 Å². The van der Waals surface area contributed by atoms with Gasteiger partial charge in [-0.15, -0.1) is 11.3 Å². The van der Waals surface area contributed by atoms with Gasteiger partial charge < -0.3 is 0 Å². The minimum Gasteiger partial charge on any atom is -0.224 e. The molecule has 0 saturated heterocycles. The van der Waals surface area contributed by atoms with Gasteiger partial charge in [0.2, 0.25) is 14.2 Å². The van der Waals surface area contributed by atoms with Crippen molar-refractivity contribution in [3.05, 3.63) is 90.2 Å². The highest BCUT2D eigenvalue weighted by atomic mass is 32.2. The molecule has 9 heteroatoms. The fraction of sp³-hybridized carbons (Fsp3) is 0.0870. The number of hydrogen-bond donors (Lipinski definition) is 0. The summed E-state index contributed by atoms with van der Waals surface area (Å²) in [7, 11) is -7.11. The highest BCUT2D eigenvalue weighted by Crippen LogP contribution is 2.39. The first-order valence-electron chi connectivity index (χ1n) is 9.47. The average molecular weight is 488 g/mol. The highest BCUT2D eigenvalue weighted by molar-refractivity contribution is 7.92. The van der Waals surface area contributed by atoms with Crippen LogP contribution in [0, 0.1) is 5.82 Å². The van der Waals surface area contributed by atoms with Crippen molar-refractivity contribution < 1.29 is 21.2 Å². The summed E-state index contributed by atoms with van der Waals surface area (Å²) >= 11 is 1.01. The molecule has 164 valence electrons. The van der Waals surface area contributed by atoms with E-state index in [1.807, 2.05) is 6.07 Å². The third-order valence-corrected chi connectivity index (χ3v) is 9.11. The van der Waals surface area contributed by atoms with E-state index in [0.717, 1.165) is 17.6 Å². The molecule has 0 unspecified atom stereocenters. The molecule has 0 saturated carbocycles. The topological polar surface area (TPSA) is 81.2 Å². The number of thiazole rings is 1. The van der Waals surface area contributed by atoms with Crippen LogP contribution >= 0.6 is 11.3 Å². The summed E-state index contributed by atoms with van der Waals surface area (Å²) in [5.74, 6) is -0.606. The molecule has 0 spiro atoms. The Morgan fingerprint density at radius 2 is 1.41 bits per heavy atom. The number of hydrogen-bond acceptors (Lipinski definition) is 6. The van der Waals surface area contributed by atoms with E-state index in [4.69, 9.17) is 0 Å². The van der Waals surface area contributed by atoms with Crippen molar-refractivity contribution in [2.24, 2.45) is 0 Å². The van der Waals surface area contributed by atoms with Gasteiger partial charge in [0.15, 0.2) is 9.84 Å². The van der Waals surface area contributed by atoms with E-state index >= 15 is 0 Å². The number of rotatable bonds is 6. The lowest BCUT2D eigenvalue weighted by atomic mass is 10.1. The van der Waals surface area contributed by atoms with Crippen molar-refractivity contribution in [3.63, 3.8) is 0 Å². The molecule has 5 nitrogen and oxygen atoms in total. The van der Waals surface area contributed by atoms with Crippen molar-refractivity contribution in [1.82, 2.24) is 4.98 Å². The van der Waals surface area contributed by atoms with Gasteiger partial charge in [-0.05, 0) is 35.4 Å². The van der Waals surface area contributed by atoms with Gasteiger partial charge in [-0.1, -0.05) is 54.6 Å². The third kappa shape index (κ3) is 4.79. The van der Waals surface area contributed by atoms with E-state index in [9.17, 15) is 21.2 Å². The molecule has 32 heavy (non-hydrogen) atoms. The maximum Gasteiger partial charge on any atom is 0.210 e. The molecule has 0 amide bonds. The Morgan fingerprint density at radius 1 is 0.812 bits per heavy atom. The van der Waals surface area contributed by atoms with Gasteiger partial charge >= 0.3 is 0 Å². The standard InChI is InChI=1S/C23H18FNO4S3/c1-31(26,27)20-13-9-17(10-14-20)21-22(18-7-11-19(24)12-8-18)30-23(25-21)32(28,29)15-16-5-3-2-4-6-16/h2-14H,15H2,1H3. The highest BCUT2D eigenvalue weighted by Gasteiger charge is 2.24. The van der Waals surface area contributed by atoms with E-state index < -0.39 is 25.5 Å². The Hall–Kier alpha value is -2.88. The third-order valence-electron chi connectivity index (χ3n) is 4.74. The lowest BCUT2D eigenvalue weighted by Crippen LogP contribution is -2.04. The second kappa shape index (κ2) is 8.57. The van der Waals surface area contributed by atoms with E-state index in [1.54, 1.807) is 48.5 Å². The van der Waals surface area contributed by atoms with Crippen molar-refractivity contribution in [1.29, 1.82) is 0 Å². The molecular weight excluding hydrogens is 469 g/mol. The van der Waals surface area contributed by atoms with E-state index in [1.165, 1.54) is 24.3 Å².